The molecule has 0 radical (unpaired) electrons. The molecule has 0 atom stereocenters. The van der Waals surface area contributed by atoms with Crippen molar-refractivity contribution < 1.29 is 4.74 Å². The summed E-state index contributed by atoms with van der Waals surface area (Å²) in [5, 5.41) is 4.55. The molecule has 0 bridgehead atoms. The molecule has 104 valence electrons. The summed E-state index contributed by atoms with van der Waals surface area (Å²) >= 11 is 5.48. The number of fused-ring (bicyclic) bond motifs is 1. The molecule has 5 nitrogen and oxygen atoms in total. The molecule has 0 aliphatic heterocycles. The number of imidazole rings is 1. The zero-order chi connectivity index (χ0) is 13.6. The average molecular weight is 280 g/mol. The molecule has 0 aromatic carbocycles. The van der Waals surface area contributed by atoms with Gasteiger partial charge in [0, 0.05) is 19.7 Å². The van der Waals surface area contributed by atoms with Gasteiger partial charge in [0.25, 0.3) is 0 Å². The van der Waals surface area contributed by atoms with Gasteiger partial charge in [-0.15, -0.1) is 0 Å². The Morgan fingerprint density at radius 1 is 1.42 bits per heavy atom. The van der Waals surface area contributed by atoms with Gasteiger partial charge in [-0.1, -0.05) is 6.92 Å². The van der Waals surface area contributed by atoms with Crippen molar-refractivity contribution in [2.45, 2.75) is 45.3 Å². The van der Waals surface area contributed by atoms with Gasteiger partial charge >= 0.3 is 0 Å². The molecule has 0 spiro atoms. The molecule has 19 heavy (non-hydrogen) atoms. The molecule has 0 saturated heterocycles. The minimum absolute atomic E-state index is 0.390. The molecule has 1 aliphatic carbocycles. The maximum absolute atomic E-state index is 5.63. The summed E-state index contributed by atoms with van der Waals surface area (Å²) < 4.78 is 10.6. The molecule has 6 heteroatoms. The van der Waals surface area contributed by atoms with Gasteiger partial charge in [-0.25, -0.2) is 0 Å². The highest BCUT2D eigenvalue weighted by atomic mass is 32.1. The second-order valence-electron chi connectivity index (χ2n) is 5.13. The van der Waals surface area contributed by atoms with Crippen molar-refractivity contribution in [2.24, 2.45) is 7.05 Å². The maximum atomic E-state index is 5.63. The van der Waals surface area contributed by atoms with Crippen LogP contribution < -0.4 is 0 Å². The van der Waals surface area contributed by atoms with Gasteiger partial charge in [-0.05, 0) is 38.4 Å². The van der Waals surface area contributed by atoms with Crippen LogP contribution in [0.5, 0.6) is 0 Å². The third kappa shape index (κ3) is 1.94. The fourth-order valence-corrected chi connectivity index (χ4v) is 3.28. The molecule has 1 N–H and O–H groups in total. The topological polar surface area (TPSA) is 47.8 Å². The van der Waals surface area contributed by atoms with E-state index in [-0.39, 0.29) is 0 Å². The Morgan fingerprint density at radius 2 is 2.16 bits per heavy atom. The van der Waals surface area contributed by atoms with Gasteiger partial charge in [-0.3, -0.25) is 9.25 Å². The number of aromatic amines is 1. The predicted molar refractivity (Wildman–Crippen MR) is 77.0 cm³/mol. The van der Waals surface area contributed by atoms with E-state index in [9.17, 15) is 0 Å². The van der Waals surface area contributed by atoms with Crippen molar-refractivity contribution in [1.29, 1.82) is 0 Å². The molecular weight excluding hydrogens is 260 g/mol. The summed E-state index contributed by atoms with van der Waals surface area (Å²) in [5.41, 5.74) is 3.29. The molecule has 0 unspecified atom stereocenters. The molecule has 1 saturated carbocycles. The fraction of sp³-hybridized carbons (Fsp3) is 0.692. The zero-order valence-electron chi connectivity index (χ0n) is 11.6. The van der Waals surface area contributed by atoms with Gasteiger partial charge in [0.2, 0.25) is 0 Å². The van der Waals surface area contributed by atoms with Gasteiger partial charge in [0.05, 0.1) is 11.8 Å². The second kappa shape index (κ2) is 4.76. The van der Waals surface area contributed by atoms with Gasteiger partial charge in [-0.2, -0.15) is 5.10 Å². The SMILES string of the molecule is CCOC1CC(n2c(=S)[nH]c3c(CC)nn(C)c32)C1. The summed E-state index contributed by atoms with van der Waals surface area (Å²) in [6.07, 6.45) is 3.39. The number of nitrogens with one attached hydrogen (secondary N) is 1. The van der Waals surface area contributed by atoms with E-state index in [1.807, 2.05) is 18.7 Å². The van der Waals surface area contributed by atoms with E-state index < -0.39 is 0 Å². The van der Waals surface area contributed by atoms with E-state index >= 15 is 0 Å². The molecule has 1 fully saturated rings. The first-order valence-electron chi connectivity index (χ1n) is 6.93. The van der Waals surface area contributed by atoms with Crippen LogP contribution in [0, 0.1) is 4.77 Å². The normalized spacial score (nSPS) is 22.9. The highest BCUT2D eigenvalue weighted by Crippen LogP contribution is 2.37. The van der Waals surface area contributed by atoms with E-state index in [1.165, 1.54) is 0 Å². The lowest BCUT2D eigenvalue weighted by atomic mass is 9.89. The Balaban J connectivity index is 1.98. The van der Waals surface area contributed by atoms with Crippen LogP contribution in [0.15, 0.2) is 0 Å². The number of ether oxygens (including phenoxy) is 1. The lowest BCUT2D eigenvalue weighted by molar-refractivity contribution is -0.0192. The zero-order valence-corrected chi connectivity index (χ0v) is 12.5. The van der Waals surface area contributed by atoms with E-state index in [0.717, 1.165) is 47.5 Å². The van der Waals surface area contributed by atoms with Gasteiger partial charge < -0.3 is 9.72 Å². The third-order valence-electron chi connectivity index (χ3n) is 3.94. The van der Waals surface area contributed by atoms with Crippen LogP contribution in [-0.2, 0) is 18.2 Å². The second-order valence-corrected chi connectivity index (χ2v) is 5.51. The maximum Gasteiger partial charge on any atom is 0.179 e. The molecule has 3 rings (SSSR count). The number of hydrogen-bond donors (Lipinski definition) is 1. The summed E-state index contributed by atoms with van der Waals surface area (Å²) in [6.45, 7) is 4.95. The van der Waals surface area contributed by atoms with Gasteiger partial charge in [0.15, 0.2) is 10.4 Å². The molecule has 2 heterocycles. The van der Waals surface area contributed by atoms with Crippen LogP contribution in [0.1, 0.15) is 38.4 Å². The van der Waals surface area contributed by atoms with Gasteiger partial charge in [0.1, 0.15) is 5.52 Å². The lowest BCUT2D eigenvalue weighted by Gasteiger charge is -2.35. The number of nitrogens with zero attached hydrogens (tertiary/aromatic N) is 3. The molecule has 2 aromatic rings. The Labute approximate surface area is 117 Å². The van der Waals surface area contributed by atoms with Crippen LogP contribution in [0.2, 0.25) is 0 Å². The van der Waals surface area contributed by atoms with Crippen LogP contribution in [0.4, 0.5) is 0 Å². The minimum atomic E-state index is 0.390. The summed E-state index contributed by atoms with van der Waals surface area (Å²) in [6, 6.07) is 0.443. The molecule has 0 amide bonds. The smallest absolute Gasteiger partial charge is 0.179 e. The van der Waals surface area contributed by atoms with E-state index in [0.29, 0.717) is 12.1 Å². The highest BCUT2D eigenvalue weighted by molar-refractivity contribution is 7.71. The van der Waals surface area contributed by atoms with Crippen molar-refractivity contribution in [3.8, 4) is 0 Å². The number of aromatic nitrogens is 4. The van der Waals surface area contributed by atoms with Crippen LogP contribution in [0.25, 0.3) is 11.2 Å². The predicted octanol–water partition coefficient (Wildman–Crippen LogP) is 2.73. The number of rotatable bonds is 4. The summed E-state index contributed by atoms with van der Waals surface area (Å²) in [7, 11) is 1.99. The first-order valence-corrected chi connectivity index (χ1v) is 7.34. The Hall–Kier alpha value is -1.14. The van der Waals surface area contributed by atoms with E-state index in [4.69, 9.17) is 17.0 Å². The highest BCUT2D eigenvalue weighted by Gasteiger charge is 2.33. The van der Waals surface area contributed by atoms with E-state index in [2.05, 4.69) is 21.6 Å². The Kier molecular flexibility index (Phi) is 3.22. The molecule has 2 aromatic heterocycles. The first kappa shape index (κ1) is 12.9. The van der Waals surface area contributed by atoms with Crippen molar-refractivity contribution >= 4 is 23.4 Å². The standard InChI is InChI=1S/C13H20N4OS/c1-4-10-11-12(16(3)15-10)17(13(19)14-11)8-6-9(7-8)18-5-2/h8-9H,4-7H2,1-3H3,(H,14,19). The van der Waals surface area contributed by atoms with Crippen molar-refractivity contribution in [2.75, 3.05) is 6.61 Å². The number of aryl methyl sites for hydroxylation is 2. The van der Waals surface area contributed by atoms with Crippen LogP contribution in [-0.4, -0.2) is 32.0 Å². The average Bonchev–Trinajstić information content (AvgIpc) is 2.81. The van der Waals surface area contributed by atoms with Crippen molar-refractivity contribution in [3.63, 3.8) is 0 Å². The Bertz CT molecular complexity index is 647. The third-order valence-corrected chi connectivity index (χ3v) is 4.24. The minimum Gasteiger partial charge on any atom is -0.378 e. The summed E-state index contributed by atoms with van der Waals surface area (Å²) in [4.78, 5) is 3.32. The summed E-state index contributed by atoms with van der Waals surface area (Å²) in [5.74, 6) is 0. The lowest BCUT2D eigenvalue weighted by Crippen LogP contribution is -2.33. The van der Waals surface area contributed by atoms with Crippen LogP contribution >= 0.6 is 12.2 Å². The number of H-pyrrole nitrogens is 1. The van der Waals surface area contributed by atoms with Crippen molar-refractivity contribution in [1.82, 2.24) is 19.3 Å². The first-order chi connectivity index (χ1) is 9.15. The largest absolute Gasteiger partial charge is 0.378 e. The van der Waals surface area contributed by atoms with Crippen LogP contribution in [0.3, 0.4) is 0 Å². The van der Waals surface area contributed by atoms with E-state index in [1.54, 1.807) is 0 Å². The fourth-order valence-electron chi connectivity index (χ4n) is 2.94. The quantitative estimate of drug-likeness (QED) is 0.876. The van der Waals surface area contributed by atoms with Crippen molar-refractivity contribution in [3.05, 3.63) is 10.5 Å². The molecule has 1 aliphatic rings. The monoisotopic (exact) mass is 280 g/mol. The molecular formula is C13H20N4OS. The Morgan fingerprint density at radius 3 is 2.79 bits per heavy atom. The number of hydrogen-bond acceptors (Lipinski definition) is 3.